The number of carbonyl (C=O) groups is 1. The summed E-state index contributed by atoms with van der Waals surface area (Å²) in [6, 6.07) is 6.07. The summed E-state index contributed by atoms with van der Waals surface area (Å²) in [4.78, 5) is 19.2. The predicted octanol–water partition coefficient (Wildman–Crippen LogP) is 2.99. The zero-order valence-corrected chi connectivity index (χ0v) is 14.2. The van der Waals surface area contributed by atoms with Crippen LogP contribution in [0.25, 0.3) is 10.6 Å². The van der Waals surface area contributed by atoms with E-state index in [-0.39, 0.29) is 11.7 Å². The zero-order chi connectivity index (χ0) is 17.4. The number of fused-ring (bicyclic) bond motifs is 1. The van der Waals surface area contributed by atoms with Crippen molar-refractivity contribution >= 4 is 22.2 Å². The van der Waals surface area contributed by atoms with Gasteiger partial charge in [-0.2, -0.15) is 5.10 Å². The number of hydrogen-bond acceptors (Lipinski definition) is 4. The van der Waals surface area contributed by atoms with Crippen LogP contribution >= 0.6 is 11.3 Å². The van der Waals surface area contributed by atoms with Crippen LogP contribution in [0.2, 0.25) is 0 Å². The molecule has 0 spiro atoms. The molecule has 6 nitrogen and oxygen atoms in total. The molecule has 0 N–H and O–H groups in total. The molecule has 0 unspecified atom stereocenters. The van der Waals surface area contributed by atoms with Crippen molar-refractivity contribution in [3.05, 3.63) is 71.5 Å². The Bertz CT molecular complexity index is 1000. The molecule has 0 aliphatic carbocycles. The van der Waals surface area contributed by atoms with Gasteiger partial charge in [0.2, 0.25) is 0 Å². The maximum Gasteiger partial charge on any atom is 0.274 e. The molecule has 0 saturated heterocycles. The monoisotopic (exact) mass is 355 g/mol. The van der Waals surface area contributed by atoms with Gasteiger partial charge in [0, 0.05) is 43.1 Å². The summed E-state index contributed by atoms with van der Waals surface area (Å²) < 4.78 is 16.5. The molecule has 0 atom stereocenters. The molecule has 25 heavy (non-hydrogen) atoms. The number of nitrogens with zero attached hydrogens (tertiary/aromatic N) is 5. The number of rotatable bonds is 4. The minimum atomic E-state index is -0.290. The lowest BCUT2D eigenvalue weighted by Gasteiger charge is -2.14. The minimum Gasteiger partial charge on any atom is -0.336 e. The van der Waals surface area contributed by atoms with E-state index in [0.717, 1.165) is 16.2 Å². The Hall–Kier alpha value is -3.00. The lowest BCUT2D eigenvalue weighted by atomic mass is 10.3. The van der Waals surface area contributed by atoms with Gasteiger partial charge < -0.3 is 4.90 Å². The van der Waals surface area contributed by atoms with E-state index in [2.05, 4.69) is 10.1 Å². The second kappa shape index (κ2) is 6.14. The van der Waals surface area contributed by atoms with E-state index in [4.69, 9.17) is 0 Å². The maximum absolute atomic E-state index is 13.0. The standard InChI is InChI=1S/C17H14FN5OS/c1-21(16(24)15-11-22-6-7-25-17(22)20-15)9-12-8-19-23(10-12)14-4-2-13(18)3-5-14/h2-8,10-11H,9H2,1H3. The molecular weight excluding hydrogens is 341 g/mol. The normalized spacial score (nSPS) is 11.1. The zero-order valence-electron chi connectivity index (χ0n) is 13.3. The van der Waals surface area contributed by atoms with Gasteiger partial charge in [-0.15, -0.1) is 11.3 Å². The first kappa shape index (κ1) is 15.5. The first-order valence-electron chi connectivity index (χ1n) is 7.57. The van der Waals surface area contributed by atoms with E-state index in [9.17, 15) is 9.18 Å². The van der Waals surface area contributed by atoms with Gasteiger partial charge in [-0.1, -0.05) is 0 Å². The quantitative estimate of drug-likeness (QED) is 0.565. The van der Waals surface area contributed by atoms with Crippen LogP contribution in [0.3, 0.4) is 0 Å². The van der Waals surface area contributed by atoms with Crippen molar-refractivity contribution in [1.29, 1.82) is 0 Å². The summed E-state index contributed by atoms with van der Waals surface area (Å²) >= 11 is 1.48. The fourth-order valence-corrected chi connectivity index (χ4v) is 3.25. The summed E-state index contributed by atoms with van der Waals surface area (Å²) in [6.07, 6.45) is 7.12. The summed E-state index contributed by atoms with van der Waals surface area (Å²) in [7, 11) is 1.73. The highest BCUT2D eigenvalue weighted by Gasteiger charge is 2.17. The van der Waals surface area contributed by atoms with Gasteiger partial charge in [-0.25, -0.2) is 14.1 Å². The molecule has 0 saturated carbocycles. The van der Waals surface area contributed by atoms with Crippen molar-refractivity contribution in [2.45, 2.75) is 6.54 Å². The average Bonchev–Trinajstić information content (AvgIpc) is 3.30. The first-order chi connectivity index (χ1) is 12.1. The fraction of sp³-hybridized carbons (Fsp3) is 0.118. The van der Waals surface area contributed by atoms with E-state index in [1.165, 1.54) is 23.5 Å². The van der Waals surface area contributed by atoms with Crippen LogP contribution in [0.5, 0.6) is 0 Å². The summed E-state index contributed by atoms with van der Waals surface area (Å²) in [5, 5.41) is 6.19. The van der Waals surface area contributed by atoms with Gasteiger partial charge in [0.05, 0.1) is 11.9 Å². The van der Waals surface area contributed by atoms with Crippen molar-refractivity contribution < 1.29 is 9.18 Å². The van der Waals surface area contributed by atoms with E-state index < -0.39 is 0 Å². The number of hydrogen-bond donors (Lipinski definition) is 0. The van der Waals surface area contributed by atoms with E-state index in [0.29, 0.717) is 12.2 Å². The average molecular weight is 355 g/mol. The molecule has 0 bridgehead atoms. The second-order valence-electron chi connectivity index (χ2n) is 5.65. The van der Waals surface area contributed by atoms with Crippen molar-refractivity contribution in [2.24, 2.45) is 0 Å². The predicted molar refractivity (Wildman–Crippen MR) is 92.4 cm³/mol. The van der Waals surface area contributed by atoms with E-state index in [1.54, 1.807) is 41.2 Å². The Morgan fingerprint density at radius 2 is 2.08 bits per heavy atom. The molecule has 126 valence electrons. The van der Waals surface area contributed by atoms with Gasteiger partial charge in [0.15, 0.2) is 4.96 Å². The summed E-state index contributed by atoms with van der Waals surface area (Å²) in [6.45, 7) is 0.408. The highest BCUT2D eigenvalue weighted by atomic mass is 32.1. The summed E-state index contributed by atoms with van der Waals surface area (Å²) in [5.41, 5.74) is 2.05. The molecular formula is C17H14FN5OS. The molecule has 8 heteroatoms. The summed E-state index contributed by atoms with van der Waals surface area (Å²) in [5.74, 6) is -0.438. The Balaban J connectivity index is 1.49. The van der Waals surface area contributed by atoms with E-state index in [1.807, 2.05) is 22.2 Å². The molecule has 0 fully saturated rings. The molecule has 0 aliphatic rings. The molecule has 3 heterocycles. The molecule has 4 aromatic rings. The Labute approximate surface area is 146 Å². The second-order valence-corrected chi connectivity index (χ2v) is 6.52. The van der Waals surface area contributed by atoms with Gasteiger partial charge in [0.1, 0.15) is 11.5 Å². The van der Waals surface area contributed by atoms with Crippen molar-refractivity contribution in [2.75, 3.05) is 7.05 Å². The van der Waals surface area contributed by atoms with Crippen LogP contribution in [0.15, 0.2) is 54.4 Å². The Morgan fingerprint density at radius 1 is 1.28 bits per heavy atom. The SMILES string of the molecule is CN(Cc1cnn(-c2ccc(F)cc2)c1)C(=O)c1cn2ccsc2n1. The molecule has 4 rings (SSSR count). The molecule has 3 aromatic heterocycles. The van der Waals surface area contributed by atoms with Gasteiger partial charge >= 0.3 is 0 Å². The number of aromatic nitrogens is 4. The van der Waals surface area contributed by atoms with Crippen LogP contribution in [0.1, 0.15) is 16.1 Å². The highest BCUT2D eigenvalue weighted by molar-refractivity contribution is 7.15. The van der Waals surface area contributed by atoms with Crippen LogP contribution in [-0.2, 0) is 6.54 Å². The van der Waals surface area contributed by atoms with Crippen LogP contribution in [-0.4, -0.2) is 37.0 Å². The van der Waals surface area contributed by atoms with Gasteiger partial charge in [-0.3, -0.25) is 9.20 Å². The molecule has 0 aliphatic heterocycles. The van der Waals surface area contributed by atoms with Crippen LogP contribution < -0.4 is 0 Å². The number of imidazole rings is 1. The molecule has 0 radical (unpaired) electrons. The van der Waals surface area contributed by atoms with Crippen molar-refractivity contribution in [3.8, 4) is 5.69 Å². The van der Waals surface area contributed by atoms with Gasteiger partial charge in [-0.05, 0) is 24.3 Å². The smallest absolute Gasteiger partial charge is 0.274 e. The lowest BCUT2D eigenvalue weighted by molar-refractivity contribution is 0.0780. The Kier molecular flexibility index (Phi) is 3.81. The number of benzene rings is 1. The molecule has 1 amide bonds. The fourth-order valence-electron chi connectivity index (χ4n) is 2.55. The van der Waals surface area contributed by atoms with Crippen LogP contribution in [0.4, 0.5) is 4.39 Å². The van der Waals surface area contributed by atoms with Crippen LogP contribution in [0, 0.1) is 5.82 Å². The van der Waals surface area contributed by atoms with E-state index >= 15 is 0 Å². The number of halogens is 1. The van der Waals surface area contributed by atoms with Crippen molar-refractivity contribution in [3.63, 3.8) is 0 Å². The van der Waals surface area contributed by atoms with Crippen molar-refractivity contribution in [1.82, 2.24) is 24.1 Å². The maximum atomic E-state index is 13.0. The largest absolute Gasteiger partial charge is 0.336 e. The third kappa shape index (κ3) is 3.03. The number of thiazole rings is 1. The Morgan fingerprint density at radius 3 is 2.84 bits per heavy atom. The third-order valence-corrected chi connectivity index (χ3v) is 4.58. The lowest BCUT2D eigenvalue weighted by Crippen LogP contribution is -2.26. The number of amides is 1. The minimum absolute atomic E-state index is 0.148. The third-order valence-electron chi connectivity index (χ3n) is 3.81. The first-order valence-corrected chi connectivity index (χ1v) is 8.45. The van der Waals surface area contributed by atoms with Gasteiger partial charge in [0.25, 0.3) is 5.91 Å². The topological polar surface area (TPSA) is 55.4 Å². The highest BCUT2D eigenvalue weighted by Crippen LogP contribution is 2.14. The molecule has 1 aromatic carbocycles. The number of carbonyl (C=O) groups excluding carboxylic acids is 1.